The summed E-state index contributed by atoms with van der Waals surface area (Å²) in [6.45, 7) is 3.96. The number of nitrogen functional groups attached to an aromatic ring is 1. The van der Waals surface area contributed by atoms with Gasteiger partial charge in [0, 0.05) is 14.8 Å². The molecule has 0 saturated heterocycles. The molecule has 0 bridgehead atoms. The molecule has 3 aromatic rings. The van der Waals surface area contributed by atoms with Gasteiger partial charge in [-0.1, -0.05) is 29.8 Å². The summed E-state index contributed by atoms with van der Waals surface area (Å²) in [6, 6.07) is 15.3. The summed E-state index contributed by atoms with van der Waals surface area (Å²) >= 11 is 2.24. The first kappa shape index (κ1) is 20.0. The Morgan fingerprint density at radius 2 is 1.79 bits per heavy atom. The van der Waals surface area contributed by atoms with Crippen molar-refractivity contribution < 1.29 is 4.79 Å². The van der Waals surface area contributed by atoms with Crippen molar-refractivity contribution in [3.05, 3.63) is 75.1 Å². The lowest BCUT2D eigenvalue weighted by Crippen LogP contribution is -2.16. The Hall–Kier alpha value is -2.74. The number of allylic oxidation sites excluding steroid dienone is 1. The van der Waals surface area contributed by atoms with Crippen LogP contribution < -0.4 is 11.1 Å². The average Bonchev–Trinajstić information content (AvgIpc) is 2.65. The number of anilines is 2. The molecule has 0 aliphatic heterocycles. The van der Waals surface area contributed by atoms with Crippen molar-refractivity contribution in [3.63, 3.8) is 0 Å². The van der Waals surface area contributed by atoms with Gasteiger partial charge in [-0.3, -0.25) is 4.79 Å². The van der Waals surface area contributed by atoms with Crippen LogP contribution in [0.15, 0.2) is 60.3 Å². The maximum absolute atomic E-state index is 12.5. The topological polar surface area (TPSA) is 80.9 Å². The molecule has 28 heavy (non-hydrogen) atoms. The third kappa shape index (κ3) is 5.39. The van der Waals surface area contributed by atoms with Crippen molar-refractivity contribution >= 4 is 46.1 Å². The van der Waals surface area contributed by atoms with Gasteiger partial charge in [-0.15, -0.1) is 0 Å². The second-order valence-electron chi connectivity index (χ2n) is 6.68. The maximum Gasteiger partial charge on any atom is 0.230 e. The lowest BCUT2D eigenvalue weighted by Gasteiger charge is -2.10. The highest BCUT2D eigenvalue weighted by Crippen LogP contribution is 2.22. The molecule has 142 valence electrons. The molecule has 1 heterocycles. The zero-order chi connectivity index (χ0) is 20.1. The molecule has 3 rings (SSSR count). The van der Waals surface area contributed by atoms with Gasteiger partial charge in [0.1, 0.15) is 5.69 Å². The number of amides is 1. The van der Waals surface area contributed by atoms with E-state index >= 15 is 0 Å². The van der Waals surface area contributed by atoms with E-state index in [4.69, 9.17) is 5.73 Å². The summed E-state index contributed by atoms with van der Waals surface area (Å²) in [6.07, 6.45) is 3.86. The quantitative estimate of drug-likeness (QED) is 0.398. The van der Waals surface area contributed by atoms with Crippen LogP contribution in [0.4, 0.5) is 11.5 Å². The van der Waals surface area contributed by atoms with Gasteiger partial charge < -0.3 is 11.1 Å². The lowest BCUT2D eigenvalue weighted by molar-refractivity contribution is -0.115. The zero-order valence-corrected chi connectivity index (χ0v) is 17.9. The van der Waals surface area contributed by atoms with E-state index in [1.54, 1.807) is 6.20 Å². The summed E-state index contributed by atoms with van der Waals surface area (Å²) in [7, 11) is 0. The smallest absolute Gasteiger partial charge is 0.230 e. The second kappa shape index (κ2) is 8.97. The highest BCUT2D eigenvalue weighted by atomic mass is 127. The molecule has 5 nitrogen and oxygen atoms in total. The minimum Gasteiger partial charge on any atom is -0.399 e. The predicted octanol–water partition coefficient (Wildman–Crippen LogP) is 4.93. The van der Waals surface area contributed by atoms with Crippen LogP contribution in [0.25, 0.3) is 17.3 Å². The largest absolute Gasteiger partial charge is 0.399 e. The van der Waals surface area contributed by atoms with Crippen molar-refractivity contribution in [3.8, 4) is 11.3 Å². The normalized spacial score (nSPS) is 10.4. The van der Waals surface area contributed by atoms with Crippen molar-refractivity contribution in [2.45, 2.75) is 20.3 Å². The second-order valence-corrected chi connectivity index (χ2v) is 7.93. The van der Waals surface area contributed by atoms with Crippen molar-refractivity contribution in [2.75, 3.05) is 11.1 Å². The number of carbonyl (C=O) groups excluding carboxylic acids is 1. The Morgan fingerprint density at radius 3 is 2.43 bits per heavy atom. The highest BCUT2D eigenvalue weighted by molar-refractivity contribution is 14.1. The van der Waals surface area contributed by atoms with Crippen LogP contribution in [0, 0.1) is 3.57 Å². The van der Waals surface area contributed by atoms with E-state index in [-0.39, 0.29) is 12.3 Å². The van der Waals surface area contributed by atoms with Gasteiger partial charge in [-0.05, 0) is 72.3 Å². The van der Waals surface area contributed by atoms with E-state index in [1.807, 2.05) is 68.5 Å². The molecule has 0 aliphatic rings. The van der Waals surface area contributed by atoms with Crippen LogP contribution >= 0.6 is 22.6 Å². The molecule has 1 aromatic heterocycles. The number of hydrogen-bond acceptors (Lipinski definition) is 4. The fourth-order valence-corrected chi connectivity index (χ4v) is 2.99. The van der Waals surface area contributed by atoms with E-state index < -0.39 is 0 Å². The van der Waals surface area contributed by atoms with Crippen LogP contribution in [0.2, 0.25) is 0 Å². The Bertz CT molecular complexity index is 1010. The number of benzene rings is 2. The number of nitrogens with two attached hydrogens (primary N) is 1. The summed E-state index contributed by atoms with van der Waals surface area (Å²) in [5, 5.41) is 2.89. The van der Waals surface area contributed by atoms with E-state index in [2.05, 4.69) is 37.9 Å². The number of nitrogens with zero attached hydrogens (tertiary/aromatic N) is 2. The van der Waals surface area contributed by atoms with E-state index in [1.165, 1.54) is 0 Å². The minimum atomic E-state index is -0.126. The van der Waals surface area contributed by atoms with Gasteiger partial charge in [-0.25, -0.2) is 9.97 Å². The summed E-state index contributed by atoms with van der Waals surface area (Å²) in [4.78, 5) is 21.6. The fraction of sp³-hybridized carbons (Fsp3) is 0.136. The lowest BCUT2D eigenvalue weighted by atomic mass is 10.1. The van der Waals surface area contributed by atoms with Gasteiger partial charge in [0.25, 0.3) is 0 Å². The SMILES string of the molecule is CC(C)=Cc1nc(-c2ccc(N)cc2)cnc1NC(=O)Cc1ccc(I)cc1. The minimum absolute atomic E-state index is 0.126. The van der Waals surface area contributed by atoms with Crippen molar-refractivity contribution in [2.24, 2.45) is 0 Å². The van der Waals surface area contributed by atoms with Gasteiger partial charge >= 0.3 is 0 Å². The molecule has 0 atom stereocenters. The number of carbonyl (C=O) groups is 1. The average molecular weight is 484 g/mol. The van der Waals surface area contributed by atoms with Crippen LogP contribution in [0.3, 0.4) is 0 Å². The Morgan fingerprint density at radius 1 is 1.11 bits per heavy atom. The standard InChI is InChI=1S/C22H21IN4O/c1-14(2)11-19-22(27-21(28)12-15-3-7-17(23)8-4-15)25-13-20(26-19)16-5-9-18(24)10-6-16/h3-11,13H,12,24H2,1-2H3,(H,25,27,28). The molecular formula is C22H21IN4O. The highest BCUT2D eigenvalue weighted by Gasteiger charge is 2.11. The van der Waals surface area contributed by atoms with E-state index in [0.29, 0.717) is 17.2 Å². The molecular weight excluding hydrogens is 463 g/mol. The first-order valence-corrected chi connectivity index (χ1v) is 9.91. The molecule has 0 unspecified atom stereocenters. The molecule has 0 radical (unpaired) electrons. The summed E-state index contributed by atoms with van der Waals surface area (Å²) in [5.74, 6) is 0.329. The zero-order valence-electron chi connectivity index (χ0n) is 15.7. The maximum atomic E-state index is 12.5. The van der Waals surface area contributed by atoms with E-state index in [9.17, 15) is 4.79 Å². The Kier molecular flexibility index (Phi) is 6.41. The van der Waals surface area contributed by atoms with Crippen LogP contribution in [-0.4, -0.2) is 15.9 Å². The number of halogens is 1. The van der Waals surface area contributed by atoms with Crippen molar-refractivity contribution in [1.29, 1.82) is 0 Å². The van der Waals surface area contributed by atoms with Gasteiger partial charge in [-0.2, -0.15) is 0 Å². The number of nitrogens with one attached hydrogen (secondary N) is 1. The Balaban J connectivity index is 1.85. The van der Waals surface area contributed by atoms with Gasteiger partial charge in [0.2, 0.25) is 5.91 Å². The third-order valence-electron chi connectivity index (χ3n) is 3.97. The van der Waals surface area contributed by atoms with Crippen molar-refractivity contribution in [1.82, 2.24) is 9.97 Å². The number of aromatic nitrogens is 2. The third-order valence-corrected chi connectivity index (χ3v) is 4.69. The van der Waals surface area contributed by atoms with Gasteiger partial charge in [0.05, 0.1) is 18.3 Å². The summed E-state index contributed by atoms with van der Waals surface area (Å²) in [5.41, 5.74) is 10.7. The molecule has 6 heteroatoms. The molecule has 0 saturated carbocycles. The first-order valence-electron chi connectivity index (χ1n) is 8.83. The summed E-state index contributed by atoms with van der Waals surface area (Å²) < 4.78 is 1.14. The first-order chi connectivity index (χ1) is 13.4. The molecule has 3 N–H and O–H groups in total. The molecule has 1 amide bonds. The monoisotopic (exact) mass is 484 g/mol. The molecule has 0 fully saturated rings. The molecule has 2 aromatic carbocycles. The van der Waals surface area contributed by atoms with Gasteiger partial charge in [0.15, 0.2) is 5.82 Å². The van der Waals surface area contributed by atoms with Crippen LogP contribution in [0.5, 0.6) is 0 Å². The van der Waals surface area contributed by atoms with E-state index in [0.717, 1.165) is 26.0 Å². The number of hydrogen-bond donors (Lipinski definition) is 2. The molecule has 0 spiro atoms. The Labute approximate surface area is 178 Å². The number of rotatable bonds is 5. The van der Waals surface area contributed by atoms with Crippen LogP contribution in [0.1, 0.15) is 25.1 Å². The van der Waals surface area contributed by atoms with Crippen LogP contribution in [-0.2, 0) is 11.2 Å². The molecule has 0 aliphatic carbocycles. The predicted molar refractivity (Wildman–Crippen MR) is 123 cm³/mol. The fourth-order valence-electron chi connectivity index (χ4n) is 2.63.